The van der Waals surface area contributed by atoms with Crippen molar-refractivity contribution in [1.29, 1.82) is 0 Å². The van der Waals surface area contributed by atoms with Gasteiger partial charge in [0.25, 0.3) is 5.91 Å². The highest BCUT2D eigenvalue weighted by atomic mass is 32.2. The second-order valence-corrected chi connectivity index (χ2v) is 10.1. The van der Waals surface area contributed by atoms with Gasteiger partial charge in [-0.05, 0) is 61.7 Å². The molecule has 0 bridgehead atoms. The number of hydrogen-bond donors (Lipinski definition) is 1. The van der Waals surface area contributed by atoms with Crippen LogP contribution in [-0.2, 0) is 10.0 Å². The molecule has 0 aliphatic carbocycles. The van der Waals surface area contributed by atoms with Gasteiger partial charge in [-0.3, -0.25) is 4.79 Å². The third kappa shape index (κ3) is 5.08. The van der Waals surface area contributed by atoms with E-state index in [0.29, 0.717) is 35.9 Å². The number of benzene rings is 3. The van der Waals surface area contributed by atoms with Crippen LogP contribution >= 0.6 is 0 Å². The second kappa shape index (κ2) is 10.3. The molecule has 1 amide bonds. The predicted octanol–water partition coefficient (Wildman–Crippen LogP) is 5.22. The summed E-state index contributed by atoms with van der Waals surface area (Å²) < 4.78 is 39.5. The summed E-state index contributed by atoms with van der Waals surface area (Å²) in [6, 6.07) is 18.9. The molecule has 0 saturated carbocycles. The number of nitrogens with zero attached hydrogens (tertiary/aromatic N) is 1. The van der Waals surface area contributed by atoms with E-state index in [0.717, 1.165) is 24.8 Å². The van der Waals surface area contributed by atoms with E-state index < -0.39 is 10.0 Å². The molecule has 4 rings (SSSR count). The Labute approximate surface area is 200 Å². The fourth-order valence-electron chi connectivity index (χ4n) is 3.95. The summed E-state index contributed by atoms with van der Waals surface area (Å²) in [4.78, 5) is 13.2. The van der Waals surface area contributed by atoms with Gasteiger partial charge in [0.05, 0.1) is 17.7 Å². The van der Waals surface area contributed by atoms with E-state index in [9.17, 15) is 13.2 Å². The summed E-state index contributed by atoms with van der Waals surface area (Å²) in [7, 11) is -2.15. The molecule has 0 unspecified atom stereocenters. The molecule has 0 aromatic heterocycles. The number of carbonyl (C=O) groups is 1. The predicted molar refractivity (Wildman–Crippen MR) is 131 cm³/mol. The highest BCUT2D eigenvalue weighted by Crippen LogP contribution is 2.37. The van der Waals surface area contributed by atoms with E-state index in [4.69, 9.17) is 9.47 Å². The molecule has 3 aromatic carbocycles. The van der Waals surface area contributed by atoms with Gasteiger partial charge >= 0.3 is 0 Å². The number of carbonyl (C=O) groups excluding carboxylic acids is 1. The molecule has 1 fully saturated rings. The van der Waals surface area contributed by atoms with Crippen molar-refractivity contribution in [3.63, 3.8) is 0 Å². The lowest BCUT2D eigenvalue weighted by Crippen LogP contribution is -2.35. The zero-order chi connectivity index (χ0) is 24.1. The van der Waals surface area contributed by atoms with Crippen molar-refractivity contribution in [2.75, 3.05) is 25.5 Å². The van der Waals surface area contributed by atoms with Crippen molar-refractivity contribution >= 4 is 21.6 Å². The van der Waals surface area contributed by atoms with E-state index in [1.165, 1.54) is 23.5 Å². The average molecular weight is 481 g/mol. The van der Waals surface area contributed by atoms with Gasteiger partial charge in [0.1, 0.15) is 0 Å². The first kappa shape index (κ1) is 23.8. The average Bonchev–Trinajstić information content (AvgIpc) is 2.86. The maximum Gasteiger partial charge on any atom is 0.256 e. The number of hydrogen-bond acceptors (Lipinski definition) is 5. The number of aryl methyl sites for hydroxylation is 1. The Morgan fingerprint density at radius 1 is 0.882 bits per heavy atom. The number of rotatable bonds is 7. The Hall–Kier alpha value is -3.36. The van der Waals surface area contributed by atoms with Crippen LogP contribution in [0.3, 0.4) is 0 Å². The van der Waals surface area contributed by atoms with Gasteiger partial charge in [-0.25, -0.2) is 8.42 Å². The van der Waals surface area contributed by atoms with Crippen molar-refractivity contribution < 1.29 is 22.7 Å². The third-order valence-electron chi connectivity index (χ3n) is 5.83. The molecule has 1 N–H and O–H groups in total. The normalized spacial score (nSPS) is 14.4. The first-order valence-electron chi connectivity index (χ1n) is 11.2. The lowest BCUT2D eigenvalue weighted by atomic mass is 10.1. The van der Waals surface area contributed by atoms with Crippen LogP contribution in [0.2, 0.25) is 0 Å². The van der Waals surface area contributed by atoms with Crippen LogP contribution in [0.25, 0.3) is 0 Å². The number of anilines is 1. The number of sulfonamides is 1. The monoisotopic (exact) mass is 480 g/mol. The van der Waals surface area contributed by atoms with E-state index in [1.54, 1.807) is 36.4 Å². The lowest BCUT2D eigenvalue weighted by molar-refractivity contribution is 0.102. The first-order chi connectivity index (χ1) is 16.4. The zero-order valence-corrected chi connectivity index (χ0v) is 20.1. The van der Waals surface area contributed by atoms with E-state index in [1.807, 2.05) is 25.1 Å². The number of amides is 1. The maximum atomic E-state index is 13.3. The van der Waals surface area contributed by atoms with Crippen LogP contribution in [0.4, 0.5) is 5.69 Å². The Morgan fingerprint density at radius 2 is 1.56 bits per heavy atom. The molecular formula is C26H28N2O5S. The van der Waals surface area contributed by atoms with Crippen LogP contribution in [0.15, 0.2) is 71.6 Å². The summed E-state index contributed by atoms with van der Waals surface area (Å²) in [5.41, 5.74) is 1.57. The molecule has 1 aliphatic heterocycles. The van der Waals surface area contributed by atoms with E-state index in [-0.39, 0.29) is 16.5 Å². The second-order valence-electron chi connectivity index (χ2n) is 8.14. The Balaban J connectivity index is 1.73. The van der Waals surface area contributed by atoms with Crippen LogP contribution < -0.4 is 14.8 Å². The summed E-state index contributed by atoms with van der Waals surface area (Å²) in [5, 5.41) is 2.85. The number of ether oxygens (including phenoxy) is 2. The van der Waals surface area contributed by atoms with E-state index in [2.05, 4.69) is 5.32 Å². The summed E-state index contributed by atoms with van der Waals surface area (Å²) in [5.74, 6) is 0.922. The molecule has 0 spiro atoms. The Morgan fingerprint density at radius 3 is 2.26 bits per heavy atom. The van der Waals surface area contributed by atoms with Gasteiger partial charge in [0, 0.05) is 18.7 Å². The molecule has 178 valence electrons. The quantitative estimate of drug-likeness (QED) is 0.501. The SMILES string of the molecule is COc1ccccc1Oc1ccc(S(=O)(=O)N2CCCCC2)cc1NC(=O)c1ccccc1C. The van der Waals surface area contributed by atoms with Crippen molar-refractivity contribution in [3.8, 4) is 17.2 Å². The molecule has 1 saturated heterocycles. The third-order valence-corrected chi connectivity index (χ3v) is 7.73. The highest BCUT2D eigenvalue weighted by Gasteiger charge is 2.27. The zero-order valence-electron chi connectivity index (χ0n) is 19.3. The fourth-order valence-corrected chi connectivity index (χ4v) is 5.49. The molecule has 7 nitrogen and oxygen atoms in total. The summed E-state index contributed by atoms with van der Waals surface area (Å²) in [6.07, 6.45) is 2.70. The topological polar surface area (TPSA) is 84.9 Å². The van der Waals surface area contributed by atoms with Crippen LogP contribution in [-0.4, -0.2) is 38.8 Å². The molecule has 1 heterocycles. The van der Waals surface area contributed by atoms with Gasteiger partial charge in [-0.15, -0.1) is 0 Å². The van der Waals surface area contributed by atoms with Crippen LogP contribution in [0.1, 0.15) is 35.2 Å². The maximum absolute atomic E-state index is 13.3. The largest absolute Gasteiger partial charge is 0.493 e. The minimum Gasteiger partial charge on any atom is -0.493 e. The van der Waals surface area contributed by atoms with Crippen molar-refractivity contribution in [2.24, 2.45) is 0 Å². The van der Waals surface area contributed by atoms with E-state index >= 15 is 0 Å². The highest BCUT2D eigenvalue weighted by molar-refractivity contribution is 7.89. The molecular weight excluding hydrogens is 452 g/mol. The van der Waals surface area contributed by atoms with Gasteiger partial charge in [-0.1, -0.05) is 36.8 Å². The number of nitrogens with one attached hydrogen (secondary N) is 1. The molecule has 3 aromatic rings. The molecule has 8 heteroatoms. The standard InChI is InChI=1S/C26H28N2O5S/c1-19-10-4-5-11-21(19)26(29)27-22-18-20(34(30,31)28-16-8-3-9-17-28)14-15-23(22)33-25-13-7-6-12-24(25)32-2/h4-7,10-15,18H,3,8-9,16-17H2,1-2H3,(H,27,29). The van der Waals surface area contributed by atoms with Gasteiger partial charge in [0.15, 0.2) is 17.2 Å². The minimum absolute atomic E-state index is 0.113. The first-order valence-corrected chi connectivity index (χ1v) is 12.7. The molecule has 0 radical (unpaired) electrons. The van der Waals surface area contributed by atoms with Crippen LogP contribution in [0.5, 0.6) is 17.2 Å². The van der Waals surface area contributed by atoms with Gasteiger partial charge in [-0.2, -0.15) is 4.31 Å². The van der Waals surface area contributed by atoms with Gasteiger partial charge < -0.3 is 14.8 Å². The molecule has 0 atom stereocenters. The fraction of sp³-hybridized carbons (Fsp3) is 0.269. The summed E-state index contributed by atoms with van der Waals surface area (Å²) >= 11 is 0. The molecule has 1 aliphatic rings. The number of methoxy groups -OCH3 is 1. The minimum atomic E-state index is -3.69. The van der Waals surface area contributed by atoms with Gasteiger partial charge in [0.2, 0.25) is 10.0 Å². The van der Waals surface area contributed by atoms with Crippen LogP contribution in [0, 0.1) is 6.92 Å². The number of para-hydroxylation sites is 2. The van der Waals surface area contributed by atoms with Crippen molar-refractivity contribution in [1.82, 2.24) is 4.31 Å². The lowest BCUT2D eigenvalue weighted by Gasteiger charge is -2.26. The Kier molecular flexibility index (Phi) is 7.19. The number of piperidine rings is 1. The summed E-state index contributed by atoms with van der Waals surface area (Å²) in [6.45, 7) is 2.83. The smallest absolute Gasteiger partial charge is 0.256 e. The van der Waals surface area contributed by atoms with Crippen molar-refractivity contribution in [3.05, 3.63) is 77.9 Å². The molecule has 34 heavy (non-hydrogen) atoms. The Bertz CT molecular complexity index is 1280. The van der Waals surface area contributed by atoms with Crippen molar-refractivity contribution in [2.45, 2.75) is 31.1 Å².